The van der Waals surface area contributed by atoms with Gasteiger partial charge in [0.25, 0.3) is 0 Å². The van der Waals surface area contributed by atoms with E-state index in [-0.39, 0.29) is 25.0 Å². The van der Waals surface area contributed by atoms with Crippen molar-refractivity contribution in [2.45, 2.75) is 12.6 Å². The minimum atomic E-state index is -0.603. The van der Waals surface area contributed by atoms with Crippen LogP contribution < -0.4 is 5.32 Å². The molecule has 2 aromatic rings. The van der Waals surface area contributed by atoms with Crippen LogP contribution in [0.25, 0.3) is 0 Å². The van der Waals surface area contributed by atoms with E-state index in [1.807, 2.05) is 30.3 Å². The maximum Gasteiger partial charge on any atom is 0.241 e. The first-order chi connectivity index (χ1) is 12.3. The molecular weight excluding hydrogens is 327 g/mol. The Bertz CT molecular complexity index is 674. The molecule has 0 bridgehead atoms. The topological polar surface area (TPSA) is 85.2 Å². The summed E-state index contributed by atoms with van der Waals surface area (Å²) in [6.07, 6.45) is 0. The van der Waals surface area contributed by atoms with Crippen LogP contribution >= 0.6 is 0 Å². The zero-order valence-corrected chi connectivity index (χ0v) is 13.8. The number of rotatable bonds is 7. The van der Waals surface area contributed by atoms with E-state index in [1.54, 1.807) is 0 Å². The third-order valence-electron chi connectivity index (χ3n) is 4.04. The van der Waals surface area contributed by atoms with Gasteiger partial charge < -0.3 is 10.1 Å². The molecule has 1 fully saturated rings. The van der Waals surface area contributed by atoms with E-state index >= 15 is 0 Å². The standard InChI is InChI=1S/C16H21FN6O2/c17-6-7-18-14(24)12-23-16(19-20-21-23)15(13-4-2-1-3-5-13)22-8-10-25-11-9-22/h1-5,15H,6-12H2,(H,18,24). The number of alkyl halides is 1. The van der Waals surface area contributed by atoms with Gasteiger partial charge in [0.05, 0.1) is 19.3 Å². The van der Waals surface area contributed by atoms with E-state index in [0.29, 0.717) is 19.0 Å². The molecule has 1 unspecified atom stereocenters. The van der Waals surface area contributed by atoms with E-state index < -0.39 is 6.67 Å². The molecule has 0 saturated carbocycles. The SMILES string of the molecule is O=C(Cn1nnnc1C(c1ccccc1)N1CCOCC1)NCCF. The van der Waals surface area contributed by atoms with Crippen LogP contribution in [0.2, 0.25) is 0 Å². The van der Waals surface area contributed by atoms with Gasteiger partial charge in [-0.3, -0.25) is 9.69 Å². The number of carbonyl (C=O) groups is 1. The third kappa shape index (κ3) is 4.37. The smallest absolute Gasteiger partial charge is 0.241 e. The van der Waals surface area contributed by atoms with Crippen molar-refractivity contribution < 1.29 is 13.9 Å². The highest BCUT2D eigenvalue weighted by Crippen LogP contribution is 2.27. The number of benzene rings is 1. The maximum atomic E-state index is 12.2. The fraction of sp³-hybridized carbons (Fsp3) is 0.500. The molecule has 8 nitrogen and oxygen atoms in total. The number of carbonyl (C=O) groups excluding carboxylic acids is 1. The number of halogens is 1. The molecule has 3 rings (SSSR count). The monoisotopic (exact) mass is 348 g/mol. The van der Waals surface area contributed by atoms with Crippen LogP contribution in [-0.2, 0) is 16.1 Å². The molecule has 1 aromatic carbocycles. The Morgan fingerprint density at radius 3 is 2.76 bits per heavy atom. The Morgan fingerprint density at radius 1 is 1.28 bits per heavy atom. The molecule has 0 radical (unpaired) electrons. The van der Waals surface area contributed by atoms with Crippen LogP contribution in [0, 0.1) is 0 Å². The quantitative estimate of drug-likeness (QED) is 0.768. The molecule has 1 saturated heterocycles. The van der Waals surface area contributed by atoms with Crippen molar-refractivity contribution in [3.8, 4) is 0 Å². The van der Waals surface area contributed by atoms with Gasteiger partial charge in [0.2, 0.25) is 5.91 Å². The largest absolute Gasteiger partial charge is 0.379 e. The van der Waals surface area contributed by atoms with Gasteiger partial charge in [-0.25, -0.2) is 9.07 Å². The lowest BCUT2D eigenvalue weighted by atomic mass is 10.0. The molecule has 25 heavy (non-hydrogen) atoms. The predicted molar refractivity (Wildman–Crippen MR) is 87.5 cm³/mol. The van der Waals surface area contributed by atoms with Gasteiger partial charge in [-0.15, -0.1) is 5.10 Å². The number of nitrogens with one attached hydrogen (secondary N) is 1. The van der Waals surface area contributed by atoms with Crippen molar-refractivity contribution in [2.75, 3.05) is 39.5 Å². The Morgan fingerprint density at radius 2 is 2.04 bits per heavy atom. The second-order valence-corrected chi connectivity index (χ2v) is 5.70. The van der Waals surface area contributed by atoms with Crippen LogP contribution in [0.4, 0.5) is 4.39 Å². The molecule has 2 heterocycles. The summed E-state index contributed by atoms with van der Waals surface area (Å²) in [6.45, 7) is 2.12. The molecule has 134 valence electrons. The molecule has 1 aliphatic rings. The van der Waals surface area contributed by atoms with Crippen LogP contribution in [0.5, 0.6) is 0 Å². The summed E-state index contributed by atoms with van der Waals surface area (Å²) in [6, 6.07) is 9.74. The zero-order valence-electron chi connectivity index (χ0n) is 13.8. The highest BCUT2D eigenvalue weighted by atomic mass is 19.1. The number of morpholine rings is 1. The van der Waals surface area contributed by atoms with Gasteiger partial charge in [0.15, 0.2) is 5.82 Å². The van der Waals surface area contributed by atoms with E-state index in [4.69, 9.17) is 4.74 Å². The second-order valence-electron chi connectivity index (χ2n) is 5.70. The van der Waals surface area contributed by atoms with Gasteiger partial charge in [0.1, 0.15) is 13.2 Å². The lowest BCUT2D eigenvalue weighted by Gasteiger charge is -2.33. The van der Waals surface area contributed by atoms with Crippen LogP contribution in [-0.4, -0.2) is 70.5 Å². The van der Waals surface area contributed by atoms with Gasteiger partial charge in [-0.2, -0.15) is 0 Å². The Kier molecular flexibility index (Phi) is 6.02. The number of ether oxygens (including phenoxy) is 1. The van der Waals surface area contributed by atoms with Crippen LogP contribution in [0.15, 0.2) is 30.3 Å². The summed E-state index contributed by atoms with van der Waals surface area (Å²) in [4.78, 5) is 14.2. The Hall–Kier alpha value is -2.39. The van der Waals surface area contributed by atoms with Crippen molar-refractivity contribution in [3.05, 3.63) is 41.7 Å². The van der Waals surface area contributed by atoms with Gasteiger partial charge in [-0.1, -0.05) is 30.3 Å². The summed E-state index contributed by atoms with van der Waals surface area (Å²) in [5.74, 6) is 0.267. The zero-order chi connectivity index (χ0) is 17.5. The van der Waals surface area contributed by atoms with E-state index in [0.717, 1.165) is 18.7 Å². The predicted octanol–water partition coefficient (Wildman–Crippen LogP) is 0.180. The number of tetrazole rings is 1. The molecule has 1 amide bonds. The number of nitrogens with zero attached hydrogens (tertiary/aromatic N) is 5. The summed E-state index contributed by atoms with van der Waals surface area (Å²) >= 11 is 0. The fourth-order valence-corrected chi connectivity index (χ4v) is 2.89. The van der Waals surface area contributed by atoms with Gasteiger partial charge in [-0.05, 0) is 16.0 Å². The lowest BCUT2D eigenvalue weighted by molar-refractivity contribution is -0.122. The van der Waals surface area contributed by atoms with Gasteiger partial charge >= 0.3 is 0 Å². The van der Waals surface area contributed by atoms with Crippen LogP contribution in [0.3, 0.4) is 0 Å². The lowest BCUT2D eigenvalue weighted by Crippen LogP contribution is -2.41. The number of hydrogen-bond donors (Lipinski definition) is 1. The molecule has 0 aliphatic carbocycles. The molecule has 1 aliphatic heterocycles. The normalized spacial score (nSPS) is 16.5. The Labute approximate surface area is 145 Å². The second kappa shape index (κ2) is 8.63. The molecule has 0 spiro atoms. The molecule has 1 N–H and O–H groups in total. The molecule has 9 heteroatoms. The minimum Gasteiger partial charge on any atom is -0.379 e. The first-order valence-electron chi connectivity index (χ1n) is 8.25. The summed E-state index contributed by atoms with van der Waals surface area (Å²) < 4.78 is 19.1. The average molecular weight is 348 g/mol. The minimum absolute atomic E-state index is 0.0120. The number of amides is 1. The van der Waals surface area contributed by atoms with Crippen LogP contribution in [0.1, 0.15) is 17.4 Å². The van der Waals surface area contributed by atoms with Crippen molar-refractivity contribution in [3.63, 3.8) is 0 Å². The fourth-order valence-electron chi connectivity index (χ4n) is 2.89. The molecule has 1 aromatic heterocycles. The number of hydrogen-bond acceptors (Lipinski definition) is 6. The summed E-state index contributed by atoms with van der Waals surface area (Å²) in [5, 5.41) is 14.4. The third-order valence-corrected chi connectivity index (χ3v) is 4.04. The van der Waals surface area contributed by atoms with E-state index in [2.05, 4.69) is 25.7 Å². The molecular formula is C16H21FN6O2. The first-order valence-corrected chi connectivity index (χ1v) is 8.25. The molecule has 1 atom stereocenters. The van der Waals surface area contributed by atoms with Crippen molar-refractivity contribution >= 4 is 5.91 Å². The van der Waals surface area contributed by atoms with E-state index in [1.165, 1.54) is 4.68 Å². The van der Waals surface area contributed by atoms with Gasteiger partial charge in [0, 0.05) is 19.6 Å². The summed E-state index contributed by atoms with van der Waals surface area (Å²) in [7, 11) is 0. The summed E-state index contributed by atoms with van der Waals surface area (Å²) in [5.41, 5.74) is 1.05. The maximum absolute atomic E-state index is 12.2. The average Bonchev–Trinajstić information content (AvgIpc) is 3.10. The van der Waals surface area contributed by atoms with Crippen molar-refractivity contribution in [1.82, 2.24) is 30.4 Å². The highest BCUT2D eigenvalue weighted by molar-refractivity contribution is 5.75. The van der Waals surface area contributed by atoms with Crippen molar-refractivity contribution in [1.29, 1.82) is 0 Å². The highest BCUT2D eigenvalue weighted by Gasteiger charge is 2.29. The number of aromatic nitrogens is 4. The first kappa shape index (κ1) is 17.4. The van der Waals surface area contributed by atoms with E-state index in [9.17, 15) is 9.18 Å². The Balaban J connectivity index is 1.86. The van der Waals surface area contributed by atoms with Crippen molar-refractivity contribution in [2.24, 2.45) is 0 Å².